The molecule has 24 heavy (non-hydrogen) atoms. The number of carbonyl (C=O) groups excluding carboxylic acids is 2. The van der Waals surface area contributed by atoms with Crippen LogP contribution in [0.15, 0.2) is 0 Å². The number of carbonyl (C=O) groups is 2. The minimum absolute atomic E-state index is 0.0694. The molecule has 0 radical (unpaired) electrons. The van der Waals surface area contributed by atoms with Crippen LogP contribution in [0.5, 0.6) is 0 Å². The topological polar surface area (TPSA) is 52.7 Å². The molecule has 2 aliphatic carbocycles. The Labute approximate surface area is 146 Å². The van der Waals surface area contributed by atoms with Gasteiger partial charge < -0.3 is 15.1 Å². The largest absolute Gasteiger partial charge is 0.339 e. The summed E-state index contributed by atoms with van der Waals surface area (Å²) >= 11 is 0. The number of rotatable bonds is 4. The molecule has 1 aliphatic heterocycles. The van der Waals surface area contributed by atoms with Gasteiger partial charge in [-0.2, -0.15) is 0 Å². The van der Waals surface area contributed by atoms with Crippen molar-refractivity contribution in [2.75, 3.05) is 26.2 Å². The van der Waals surface area contributed by atoms with Crippen molar-refractivity contribution in [3.8, 4) is 0 Å². The smallest absolute Gasteiger partial charge is 0.317 e. The quantitative estimate of drug-likeness (QED) is 0.858. The van der Waals surface area contributed by atoms with E-state index in [4.69, 9.17) is 0 Å². The number of hydrogen-bond donors (Lipinski definition) is 1. The molecule has 0 unspecified atom stereocenters. The summed E-state index contributed by atoms with van der Waals surface area (Å²) < 4.78 is 0. The van der Waals surface area contributed by atoms with Crippen LogP contribution in [0.4, 0.5) is 4.79 Å². The summed E-state index contributed by atoms with van der Waals surface area (Å²) in [6, 6.07) is 0.428. The number of nitrogens with zero attached hydrogens (tertiary/aromatic N) is 2. The normalized spacial score (nSPS) is 23.5. The van der Waals surface area contributed by atoms with E-state index in [2.05, 4.69) is 5.32 Å². The molecule has 0 atom stereocenters. The van der Waals surface area contributed by atoms with Gasteiger partial charge in [-0.3, -0.25) is 4.79 Å². The SMILES string of the molecule is O=C(CCC1CCCC1)N1CCN(C(=O)NC2CCCCC2)CC1. The fraction of sp³-hybridized carbons (Fsp3) is 0.895. The molecular weight excluding hydrogens is 302 g/mol. The maximum absolute atomic E-state index is 12.4. The second-order valence-corrected chi connectivity index (χ2v) is 7.84. The predicted molar refractivity (Wildman–Crippen MR) is 94.7 cm³/mol. The van der Waals surface area contributed by atoms with Gasteiger partial charge in [-0.05, 0) is 25.2 Å². The van der Waals surface area contributed by atoms with Crippen LogP contribution in [0.3, 0.4) is 0 Å². The standard InChI is InChI=1S/C19H33N3O2/c23-18(11-10-16-6-4-5-7-16)21-12-14-22(15-13-21)19(24)20-17-8-2-1-3-9-17/h16-17H,1-15H2,(H,20,24). The molecule has 3 rings (SSSR count). The number of amides is 3. The van der Waals surface area contributed by atoms with Crippen LogP contribution in [-0.2, 0) is 4.79 Å². The summed E-state index contributed by atoms with van der Waals surface area (Å²) in [4.78, 5) is 28.6. The van der Waals surface area contributed by atoms with Crippen LogP contribution in [-0.4, -0.2) is 54.0 Å². The molecular formula is C19H33N3O2. The molecule has 0 aromatic heterocycles. The molecule has 5 nitrogen and oxygen atoms in total. The molecule has 3 aliphatic rings. The van der Waals surface area contributed by atoms with Crippen LogP contribution in [0.1, 0.15) is 70.6 Å². The number of hydrogen-bond acceptors (Lipinski definition) is 2. The Morgan fingerprint density at radius 2 is 1.38 bits per heavy atom. The fourth-order valence-corrected chi connectivity index (χ4v) is 4.46. The summed E-state index contributed by atoms with van der Waals surface area (Å²) in [7, 11) is 0. The van der Waals surface area contributed by atoms with Crippen molar-refractivity contribution < 1.29 is 9.59 Å². The zero-order valence-corrected chi connectivity index (χ0v) is 15.0. The fourth-order valence-electron chi connectivity index (χ4n) is 4.46. The summed E-state index contributed by atoms with van der Waals surface area (Å²) in [6.45, 7) is 2.74. The summed E-state index contributed by atoms with van der Waals surface area (Å²) in [6.07, 6.45) is 13.0. The van der Waals surface area contributed by atoms with Gasteiger partial charge in [0.05, 0.1) is 0 Å². The third-order valence-electron chi connectivity index (χ3n) is 6.09. The van der Waals surface area contributed by atoms with Crippen molar-refractivity contribution in [2.45, 2.75) is 76.7 Å². The lowest BCUT2D eigenvalue weighted by atomic mass is 9.96. The highest BCUT2D eigenvalue weighted by Gasteiger charge is 2.26. The first kappa shape index (κ1) is 17.6. The third kappa shape index (κ3) is 4.87. The highest BCUT2D eigenvalue weighted by molar-refractivity contribution is 5.77. The Bertz CT molecular complexity index is 420. The van der Waals surface area contributed by atoms with Gasteiger partial charge in [-0.1, -0.05) is 44.9 Å². The Morgan fingerprint density at radius 3 is 2.04 bits per heavy atom. The lowest BCUT2D eigenvalue weighted by Gasteiger charge is -2.36. The second kappa shape index (κ2) is 8.72. The third-order valence-corrected chi connectivity index (χ3v) is 6.09. The van der Waals surface area contributed by atoms with Crippen molar-refractivity contribution in [1.29, 1.82) is 0 Å². The average Bonchev–Trinajstić information content (AvgIpc) is 3.14. The minimum Gasteiger partial charge on any atom is -0.339 e. The predicted octanol–water partition coefficient (Wildman–Crippen LogP) is 3.14. The monoisotopic (exact) mass is 335 g/mol. The molecule has 2 saturated carbocycles. The van der Waals surface area contributed by atoms with Crippen molar-refractivity contribution in [1.82, 2.24) is 15.1 Å². The maximum atomic E-state index is 12.4. The van der Waals surface area contributed by atoms with E-state index >= 15 is 0 Å². The van der Waals surface area contributed by atoms with Gasteiger partial charge in [0.25, 0.3) is 0 Å². The van der Waals surface area contributed by atoms with E-state index in [0.717, 1.165) is 25.2 Å². The minimum atomic E-state index is 0.0694. The van der Waals surface area contributed by atoms with Gasteiger partial charge in [0, 0.05) is 38.6 Å². The molecule has 3 fully saturated rings. The van der Waals surface area contributed by atoms with Gasteiger partial charge in [-0.25, -0.2) is 4.79 Å². The maximum Gasteiger partial charge on any atom is 0.317 e. The van der Waals surface area contributed by atoms with Crippen molar-refractivity contribution >= 4 is 11.9 Å². The summed E-state index contributed by atoms with van der Waals surface area (Å²) in [5.74, 6) is 1.06. The van der Waals surface area contributed by atoms with E-state index in [-0.39, 0.29) is 11.9 Å². The van der Waals surface area contributed by atoms with Crippen molar-refractivity contribution in [3.05, 3.63) is 0 Å². The van der Waals surface area contributed by atoms with Crippen LogP contribution < -0.4 is 5.32 Å². The molecule has 1 saturated heterocycles. The van der Waals surface area contributed by atoms with Crippen LogP contribution in [0.2, 0.25) is 0 Å². The lowest BCUT2D eigenvalue weighted by Crippen LogP contribution is -2.54. The molecule has 0 spiro atoms. The first-order chi connectivity index (χ1) is 11.7. The van der Waals surface area contributed by atoms with E-state index in [1.165, 1.54) is 44.9 Å². The molecule has 0 aromatic carbocycles. The van der Waals surface area contributed by atoms with Gasteiger partial charge in [0.15, 0.2) is 0 Å². The molecule has 1 heterocycles. The van der Waals surface area contributed by atoms with Crippen LogP contribution in [0, 0.1) is 5.92 Å². The average molecular weight is 335 g/mol. The molecule has 0 aromatic rings. The first-order valence-electron chi connectivity index (χ1n) is 10.1. The molecule has 5 heteroatoms. The molecule has 136 valence electrons. The number of nitrogens with one attached hydrogen (secondary N) is 1. The lowest BCUT2D eigenvalue weighted by molar-refractivity contribution is -0.132. The van der Waals surface area contributed by atoms with E-state index in [0.29, 0.717) is 38.6 Å². The van der Waals surface area contributed by atoms with Gasteiger partial charge >= 0.3 is 6.03 Å². The molecule has 1 N–H and O–H groups in total. The van der Waals surface area contributed by atoms with Gasteiger partial charge in [-0.15, -0.1) is 0 Å². The summed E-state index contributed by atoms with van der Waals surface area (Å²) in [5.41, 5.74) is 0. The molecule has 3 amide bonds. The van der Waals surface area contributed by atoms with E-state index in [9.17, 15) is 9.59 Å². The van der Waals surface area contributed by atoms with E-state index < -0.39 is 0 Å². The van der Waals surface area contributed by atoms with Crippen molar-refractivity contribution in [2.24, 2.45) is 5.92 Å². The highest BCUT2D eigenvalue weighted by atomic mass is 16.2. The Balaban J connectivity index is 1.35. The highest BCUT2D eigenvalue weighted by Crippen LogP contribution is 2.28. The molecule has 0 bridgehead atoms. The van der Waals surface area contributed by atoms with Crippen LogP contribution >= 0.6 is 0 Å². The van der Waals surface area contributed by atoms with E-state index in [1.54, 1.807) is 0 Å². The number of urea groups is 1. The first-order valence-corrected chi connectivity index (χ1v) is 10.1. The van der Waals surface area contributed by atoms with Crippen molar-refractivity contribution in [3.63, 3.8) is 0 Å². The van der Waals surface area contributed by atoms with Gasteiger partial charge in [0.2, 0.25) is 5.91 Å². The van der Waals surface area contributed by atoms with Crippen LogP contribution in [0.25, 0.3) is 0 Å². The van der Waals surface area contributed by atoms with Gasteiger partial charge in [0.1, 0.15) is 0 Å². The second-order valence-electron chi connectivity index (χ2n) is 7.84. The Hall–Kier alpha value is -1.26. The van der Waals surface area contributed by atoms with E-state index in [1.807, 2.05) is 9.80 Å². The Morgan fingerprint density at radius 1 is 0.792 bits per heavy atom. The zero-order valence-electron chi connectivity index (χ0n) is 15.0. The summed E-state index contributed by atoms with van der Waals surface area (Å²) in [5, 5.41) is 3.18. The number of piperazine rings is 1. The Kier molecular flexibility index (Phi) is 6.38. The zero-order chi connectivity index (χ0) is 16.8.